The molecular weight excluding hydrogens is 347 g/mol. The van der Waals surface area contributed by atoms with Crippen LogP contribution in [-0.2, 0) is 4.79 Å². The summed E-state index contributed by atoms with van der Waals surface area (Å²) in [5.41, 5.74) is 1.05. The van der Waals surface area contributed by atoms with Crippen molar-refractivity contribution in [3.05, 3.63) is 33.8 Å². The number of halogens is 2. The number of benzene rings is 1. The lowest BCUT2D eigenvalue weighted by Crippen LogP contribution is -2.42. The molecule has 6 heteroatoms. The van der Waals surface area contributed by atoms with E-state index in [1.165, 1.54) is 19.3 Å². The van der Waals surface area contributed by atoms with Crippen LogP contribution >= 0.6 is 23.2 Å². The van der Waals surface area contributed by atoms with Gasteiger partial charge in [-0.25, -0.2) is 0 Å². The van der Waals surface area contributed by atoms with E-state index >= 15 is 0 Å². The number of hydrogen-bond donors (Lipinski definition) is 1. The smallest absolute Gasteiger partial charge is 0.303 e. The first kappa shape index (κ1) is 17.6. The molecule has 0 spiro atoms. The third-order valence-corrected chi connectivity index (χ3v) is 5.90. The van der Waals surface area contributed by atoms with Gasteiger partial charge >= 0.3 is 5.97 Å². The molecule has 1 fully saturated rings. The Morgan fingerprint density at radius 3 is 2.75 bits per heavy atom. The Balaban J connectivity index is 1.92. The van der Waals surface area contributed by atoms with Crippen molar-refractivity contribution in [2.24, 2.45) is 0 Å². The van der Waals surface area contributed by atoms with E-state index in [2.05, 4.69) is 16.5 Å². The molecule has 0 amide bonds. The SMILES string of the molecule is C[N+]1=C(c2ccc(Cl)c(Cl)c2)N(CCCC(=O)O)[C@H]2CCCC[C@H]21. The molecule has 1 aliphatic carbocycles. The van der Waals surface area contributed by atoms with E-state index in [-0.39, 0.29) is 6.42 Å². The average molecular weight is 370 g/mol. The van der Waals surface area contributed by atoms with Crippen molar-refractivity contribution in [2.75, 3.05) is 13.6 Å². The Morgan fingerprint density at radius 1 is 1.29 bits per heavy atom. The van der Waals surface area contributed by atoms with Crippen molar-refractivity contribution in [1.82, 2.24) is 4.90 Å². The minimum Gasteiger partial charge on any atom is -0.481 e. The number of carbonyl (C=O) groups is 1. The number of likely N-dealkylation sites (N-methyl/N-ethyl adjacent to an activating group) is 1. The zero-order valence-corrected chi connectivity index (χ0v) is 15.4. The van der Waals surface area contributed by atoms with Crippen molar-refractivity contribution in [2.45, 2.75) is 50.6 Å². The summed E-state index contributed by atoms with van der Waals surface area (Å²) in [6.45, 7) is 0.757. The molecule has 3 rings (SSSR count). The van der Waals surface area contributed by atoms with Crippen LogP contribution in [0.4, 0.5) is 0 Å². The highest BCUT2D eigenvalue weighted by atomic mass is 35.5. The van der Waals surface area contributed by atoms with E-state index in [1.54, 1.807) is 0 Å². The minimum absolute atomic E-state index is 0.201. The molecule has 1 aromatic carbocycles. The second-order valence-corrected chi connectivity index (χ2v) is 7.49. The van der Waals surface area contributed by atoms with E-state index in [0.29, 0.717) is 28.5 Å². The Morgan fingerprint density at radius 2 is 2.04 bits per heavy atom. The largest absolute Gasteiger partial charge is 0.481 e. The van der Waals surface area contributed by atoms with Gasteiger partial charge in [0.05, 0.1) is 29.2 Å². The lowest BCUT2D eigenvalue weighted by molar-refractivity contribution is -0.533. The third kappa shape index (κ3) is 3.40. The number of aliphatic carboxylic acids is 1. The first-order chi connectivity index (χ1) is 11.5. The number of rotatable bonds is 5. The summed E-state index contributed by atoms with van der Waals surface area (Å²) in [7, 11) is 2.14. The highest BCUT2D eigenvalue weighted by Gasteiger charge is 2.47. The van der Waals surface area contributed by atoms with Crippen molar-refractivity contribution in [1.29, 1.82) is 0 Å². The number of nitrogens with zero attached hydrogens (tertiary/aromatic N) is 2. The molecule has 0 bridgehead atoms. The van der Waals surface area contributed by atoms with Crippen molar-refractivity contribution >= 4 is 35.0 Å². The highest BCUT2D eigenvalue weighted by molar-refractivity contribution is 6.42. The van der Waals surface area contributed by atoms with E-state index in [4.69, 9.17) is 28.3 Å². The number of fused-ring (bicyclic) bond motifs is 1. The van der Waals surface area contributed by atoms with Crippen LogP contribution in [0.1, 0.15) is 44.1 Å². The van der Waals surface area contributed by atoms with Crippen LogP contribution in [0.15, 0.2) is 18.2 Å². The summed E-state index contributed by atoms with van der Waals surface area (Å²) >= 11 is 12.3. The van der Waals surface area contributed by atoms with Crippen LogP contribution in [0, 0.1) is 0 Å². The Hall–Kier alpha value is -1.26. The van der Waals surface area contributed by atoms with Crippen molar-refractivity contribution < 1.29 is 14.5 Å². The van der Waals surface area contributed by atoms with Crippen LogP contribution in [-0.4, -0.2) is 52.1 Å². The van der Waals surface area contributed by atoms with Gasteiger partial charge in [-0.15, -0.1) is 0 Å². The summed E-state index contributed by atoms with van der Waals surface area (Å²) in [5.74, 6) is 0.412. The van der Waals surface area contributed by atoms with Gasteiger partial charge in [0, 0.05) is 6.42 Å². The fraction of sp³-hybridized carbons (Fsp3) is 0.556. The average Bonchev–Trinajstić information content (AvgIpc) is 2.83. The van der Waals surface area contributed by atoms with E-state index in [0.717, 1.165) is 24.4 Å². The zero-order valence-electron chi connectivity index (χ0n) is 13.8. The maximum absolute atomic E-state index is 10.9. The monoisotopic (exact) mass is 369 g/mol. The first-order valence-corrected chi connectivity index (χ1v) is 9.28. The maximum atomic E-state index is 10.9. The molecule has 0 saturated heterocycles. The van der Waals surface area contributed by atoms with Crippen LogP contribution in [0.3, 0.4) is 0 Å². The second-order valence-electron chi connectivity index (χ2n) is 6.67. The molecule has 0 unspecified atom stereocenters. The summed E-state index contributed by atoms with van der Waals surface area (Å²) < 4.78 is 2.35. The molecule has 4 nitrogen and oxygen atoms in total. The standard InChI is InChI=1S/C18H22Cl2N2O2/c1-21-15-5-2-3-6-16(15)22(10-4-7-17(23)24)18(21)12-8-9-13(19)14(20)11-12/h8-9,11,15-16H,2-7,10H2,1H3/p+1/t15-,16+/m1/s1. The van der Waals surface area contributed by atoms with E-state index in [1.807, 2.05) is 18.2 Å². The van der Waals surface area contributed by atoms with Gasteiger partial charge in [-0.1, -0.05) is 23.2 Å². The van der Waals surface area contributed by atoms with Crippen LogP contribution in [0.5, 0.6) is 0 Å². The van der Waals surface area contributed by atoms with Crippen LogP contribution in [0.25, 0.3) is 0 Å². The summed E-state index contributed by atoms with van der Waals surface area (Å²) in [6, 6.07) is 6.70. The van der Waals surface area contributed by atoms with Gasteiger partial charge in [0.15, 0.2) is 0 Å². The number of carboxylic acids is 1. The van der Waals surface area contributed by atoms with E-state index < -0.39 is 5.97 Å². The zero-order chi connectivity index (χ0) is 17.3. The lowest BCUT2D eigenvalue weighted by atomic mass is 9.90. The number of hydrogen-bond acceptors (Lipinski definition) is 2. The third-order valence-electron chi connectivity index (χ3n) is 5.17. The van der Waals surface area contributed by atoms with Crippen LogP contribution in [0.2, 0.25) is 10.0 Å². The van der Waals surface area contributed by atoms with Crippen molar-refractivity contribution in [3.8, 4) is 0 Å². The molecule has 130 valence electrons. The summed E-state index contributed by atoms with van der Waals surface area (Å²) in [5, 5.41) is 10.1. The van der Waals surface area contributed by atoms with Gasteiger partial charge in [-0.2, -0.15) is 0 Å². The Kier molecular flexibility index (Phi) is 5.36. The fourth-order valence-corrected chi connectivity index (χ4v) is 4.40. The van der Waals surface area contributed by atoms with E-state index in [9.17, 15) is 4.79 Å². The lowest BCUT2D eigenvalue weighted by Gasteiger charge is -2.27. The quantitative estimate of drug-likeness (QED) is 0.801. The van der Waals surface area contributed by atoms with Crippen LogP contribution < -0.4 is 0 Å². The topological polar surface area (TPSA) is 43.5 Å². The molecular formula is C18H23Cl2N2O2+. The molecule has 1 aromatic rings. The van der Waals surface area contributed by atoms with Crippen molar-refractivity contribution in [3.63, 3.8) is 0 Å². The molecule has 2 aliphatic rings. The molecule has 0 aromatic heterocycles. The molecule has 1 aliphatic heterocycles. The van der Waals surface area contributed by atoms with Gasteiger partial charge in [0.25, 0.3) is 5.84 Å². The first-order valence-electron chi connectivity index (χ1n) is 8.52. The minimum atomic E-state index is -0.737. The fourth-order valence-electron chi connectivity index (χ4n) is 4.10. The molecule has 2 atom stereocenters. The Labute approximate surface area is 152 Å². The van der Waals surface area contributed by atoms with Gasteiger partial charge in [-0.05, 0) is 50.3 Å². The normalized spacial score (nSPS) is 23.5. The highest BCUT2D eigenvalue weighted by Crippen LogP contribution is 2.33. The maximum Gasteiger partial charge on any atom is 0.303 e. The molecule has 24 heavy (non-hydrogen) atoms. The van der Waals surface area contributed by atoms with Gasteiger partial charge in [-0.3, -0.25) is 14.3 Å². The molecule has 1 N–H and O–H groups in total. The second kappa shape index (κ2) is 7.32. The number of amidine groups is 1. The summed E-state index contributed by atoms with van der Waals surface area (Å²) in [6.07, 6.45) is 5.68. The van der Waals surface area contributed by atoms with Gasteiger partial charge in [0.1, 0.15) is 12.1 Å². The number of carboxylic acid groups (broad SMARTS) is 1. The molecule has 1 saturated carbocycles. The molecule has 0 radical (unpaired) electrons. The summed E-state index contributed by atoms with van der Waals surface area (Å²) in [4.78, 5) is 13.3. The Bertz CT molecular complexity index is 675. The van der Waals surface area contributed by atoms with Gasteiger partial charge in [0.2, 0.25) is 0 Å². The predicted octanol–water partition coefficient (Wildman–Crippen LogP) is 3.87. The predicted molar refractivity (Wildman–Crippen MR) is 96.4 cm³/mol. The van der Waals surface area contributed by atoms with Gasteiger partial charge < -0.3 is 5.11 Å². The molecule has 1 heterocycles.